The monoisotopic (exact) mass is 238 g/mol. The SMILES string of the molecule is CCC1CCCCN1CCNCC(F)(F)F. The van der Waals surface area contributed by atoms with Crippen LogP contribution in [0.1, 0.15) is 32.6 Å². The normalized spacial score (nSPS) is 23.6. The number of nitrogens with one attached hydrogen (secondary N) is 1. The Morgan fingerprint density at radius 3 is 2.69 bits per heavy atom. The van der Waals surface area contributed by atoms with Crippen LogP contribution in [0.5, 0.6) is 0 Å². The van der Waals surface area contributed by atoms with E-state index in [1.54, 1.807) is 0 Å². The van der Waals surface area contributed by atoms with Gasteiger partial charge in [0.1, 0.15) is 0 Å². The summed E-state index contributed by atoms with van der Waals surface area (Å²) in [6.45, 7) is 3.46. The molecule has 96 valence electrons. The molecule has 0 spiro atoms. The molecule has 0 amide bonds. The van der Waals surface area contributed by atoms with Crippen molar-refractivity contribution in [3.8, 4) is 0 Å². The van der Waals surface area contributed by atoms with Gasteiger partial charge in [-0.1, -0.05) is 13.3 Å². The van der Waals surface area contributed by atoms with Gasteiger partial charge in [-0.25, -0.2) is 0 Å². The fourth-order valence-corrected chi connectivity index (χ4v) is 2.27. The van der Waals surface area contributed by atoms with Gasteiger partial charge in [0.05, 0.1) is 6.54 Å². The topological polar surface area (TPSA) is 15.3 Å². The van der Waals surface area contributed by atoms with E-state index in [4.69, 9.17) is 0 Å². The lowest BCUT2D eigenvalue weighted by molar-refractivity contribution is -0.124. The summed E-state index contributed by atoms with van der Waals surface area (Å²) in [7, 11) is 0. The molecule has 0 aromatic heterocycles. The molecule has 16 heavy (non-hydrogen) atoms. The van der Waals surface area contributed by atoms with E-state index >= 15 is 0 Å². The van der Waals surface area contributed by atoms with E-state index in [-0.39, 0.29) is 0 Å². The molecule has 1 atom stereocenters. The van der Waals surface area contributed by atoms with Gasteiger partial charge in [0.25, 0.3) is 0 Å². The largest absolute Gasteiger partial charge is 0.401 e. The maximum absolute atomic E-state index is 11.9. The highest BCUT2D eigenvalue weighted by atomic mass is 19.4. The number of alkyl halides is 3. The van der Waals surface area contributed by atoms with Crippen molar-refractivity contribution in [3.63, 3.8) is 0 Å². The second-order valence-corrected chi connectivity index (χ2v) is 4.39. The Morgan fingerprint density at radius 1 is 1.31 bits per heavy atom. The van der Waals surface area contributed by atoms with Crippen LogP contribution < -0.4 is 5.32 Å². The van der Waals surface area contributed by atoms with Gasteiger partial charge in [0, 0.05) is 19.1 Å². The second kappa shape index (κ2) is 6.45. The molecular formula is C11H21F3N2. The van der Waals surface area contributed by atoms with E-state index in [0.29, 0.717) is 12.6 Å². The van der Waals surface area contributed by atoms with Gasteiger partial charge >= 0.3 is 6.18 Å². The van der Waals surface area contributed by atoms with Crippen LogP contribution in [-0.4, -0.2) is 43.3 Å². The van der Waals surface area contributed by atoms with Crippen molar-refractivity contribution in [2.24, 2.45) is 0 Å². The molecule has 1 unspecified atom stereocenters. The molecule has 0 saturated carbocycles. The Bertz CT molecular complexity index is 194. The highest BCUT2D eigenvalue weighted by Crippen LogP contribution is 2.18. The Kier molecular flexibility index (Phi) is 5.55. The van der Waals surface area contributed by atoms with Gasteiger partial charge in [-0.15, -0.1) is 0 Å². The zero-order valence-electron chi connectivity index (χ0n) is 9.82. The van der Waals surface area contributed by atoms with Gasteiger partial charge in [-0.3, -0.25) is 4.90 Å². The molecule has 0 radical (unpaired) electrons. The van der Waals surface area contributed by atoms with Crippen molar-refractivity contribution in [3.05, 3.63) is 0 Å². The van der Waals surface area contributed by atoms with E-state index in [0.717, 1.165) is 19.5 Å². The average Bonchev–Trinajstić information content (AvgIpc) is 2.23. The summed E-state index contributed by atoms with van der Waals surface area (Å²) in [5, 5.41) is 2.45. The molecule has 2 nitrogen and oxygen atoms in total. The molecule has 0 aromatic rings. The van der Waals surface area contributed by atoms with Crippen LogP contribution in [0.2, 0.25) is 0 Å². The van der Waals surface area contributed by atoms with Crippen LogP contribution in [0.3, 0.4) is 0 Å². The highest BCUT2D eigenvalue weighted by Gasteiger charge is 2.26. The minimum atomic E-state index is -4.09. The summed E-state index contributed by atoms with van der Waals surface area (Å²) < 4.78 is 35.7. The predicted octanol–water partition coefficient (Wildman–Crippen LogP) is 2.40. The first-order valence-corrected chi connectivity index (χ1v) is 6.04. The number of nitrogens with zero attached hydrogens (tertiary/aromatic N) is 1. The number of hydrogen-bond donors (Lipinski definition) is 1. The Balaban J connectivity index is 2.15. The first-order valence-electron chi connectivity index (χ1n) is 6.04. The molecule has 5 heteroatoms. The van der Waals surface area contributed by atoms with Crippen molar-refractivity contribution in [2.75, 3.05) is 26.2 Å². The van der Waals surface area contributed by atoms with Crippen molar-refractivity contribution >= 4 is 0 Å². The molecule has 1 rings (SSSR count). The van der Waals surface area contributed by atoms with Gasteiger partial charge in [-0.05, 0) is 25.8 Å². The van der Waals surface area contributed by atoms with E-state index in [9.17, 15) is 13.2 Å². The molecule has 1 fully saturated rings. The maximum atomic E-state index is 11.9. The summed E-state index contributed by atoms with van der Waals surface area (Å²) >= 11 is 0. The van der Waals surface area contributed by atoms with Crippen LogP contribution in [0.15, 0.2) is 0 Å². The zero-order chi connectivity index (χ0) is 12.0. The van der Waals surface area contributed by atoms with Crippen LogP contribution in [0, 0.1) is 0 Å². The maximum Gasteiger partial charge on any atom is 0.401 e. The van der Waals surface area contributed by atoms with Gasteiger partial charge in [0.2, 0.25) is 0 Å². The molecule has 0 aliphatic carbocycles. The van der Waals surface area contributed by atoms with E-state index in [2.05, 4.69) is 17.1 Å². The first-order chi connectivity index (χ1) is 7.53. The summed E-state index contributed by atoms with van der Waals surface area (Å²) in [5.74, 6) is 0. The summed E-state index contributed by atoms with van der Waals surface area (Å²) in [5.41, 5.74) is 0. The standard InChI is InChI=1S/C11H21F3N2/c1-2-10-5-3-4-7-16(10)8-6-15-9-11(12,13)14/h10,15H,2-9H2,1H3. The Hall–Kier alpha value is -0.290. The second-order valence-electron chi connectivity index (χ2n) is 4.39. The molecule has 1 heterocycles. The Labute approximate surface area is 95.2 Å². The fraction of sp³-hybridized carbons (Fsp3) is 1.00. The van der Waals surface area contributed by atoms with Gasteiger partial charge in [0.15, 0.2) is 0 Å². The van der Waals surface area contributed by atoms with Crippen LogP contribution in [0.25, 0.3) is 0 Å². The lowest BCUT2D eigenvalue weighted by Crippen LogP contribution is -2.43. The zero-order valence-corrected chi connectivity index (χ0v) is 9.82. The molecule has 1 saturated heterocycles. The predicted molar refractivity (Wildman–Crippen MR) is 58.4 cm³/mol. The van der Waals surface area contributed by atoms with E-state index < -0.39 is 12.7 Å². The third kappa shape index (κ3) is 5.16. The fourth-order valence-electron chi connectivity index (χ4n) is 2.27. The number of halogens is 3. The highest BCUT2D eigenvalue weighted by molar-refractivity contribution is 4.76. The van der Waals surface area contributed by atoms with Gasteiger partial charge in [-0.2, -0.15) is 13.2 Å². The third-order valence-electron chi connectivity index (χ3n) is 3.12. The van der Waals surface area contributed by atoms with Crippen molar-refractivity contribution < 1.29 is 13.2 Å². The summed E-state index contributed by atoms with van der Waals surface area (Å²) in [4.78, 5) is 2.31. The van der Waals surface area contributed by atoms with Crippen LogP contribution in [0.4, 0.5) is 13.2 Å². The minimum Gasteiger partial charge on any atom is -0.307 e. The molecular weight excluding hydrogens is 217 g/mol. The first kappa shape index (κ1) is 13.8. The Morgan fingerprint density at radius 2 is 2.06 bits per heavy atom. The molecule has 1 aliphatic rings. The molecule has 1 aliphatic heterocycles. The number of rotatable bonds is 5. The lowest BCUT2D eigenvalue weighted by Gasteiger charge is -2.35. The summed E-state index contributed by atoms with van der Waals surface area (Å²) in [6, 6.07) is 0.571. The van der Waals surface area contributed by atoms with E-state index in [1.165, 1.54) is 19.3 Å². The number of hydrogen-bond acceptors (Lipinski definition) is 2. The van der Waals surface area contributed by atoms with E-state index in [1.807, 2.05) is 0 Å². The lowest BCUT2D eigenvalue weighted by atomic mass is 10.0. The van der Waals surface area contributed by atoms with Crippen molar-refractivity contribution in [1.82, 2.24) is 10.2 Å². The van der Waals surface area contributed by atoms with Crippen LogP contribution >= 0.6 is 0 Å². The quantitative estimate of drug-likeness (QED) is 0.740. The number of likely N-dealkylation sites (tertiary alicyclic amines) is 1. The summed E-state index contributed by atoms with van der Waals surface area (Å²) in [6.07, 6.45) is 0.627. The molecule has 1 N–H and O–H groups in total. The third-order valence-corrected chi connectivity index (χ3v) is 3.12. The average molecular weight is 238 g/mol. The molecule has 0 bridgehead atoms. The van der Waals surface area contributed by atoms with Gasteiger partial charge < -0.3 is 5.32 Å². The van der Waals surface area contributed by atoms with Crippen LogP contribution in [-0.2, 0) is 0 Å². The number of piperidine rings is 1. The minimum absolute atomic E-state index is 0.427. The van der Waals surface area contributed by atoms with Crippen molar-refractivity contribution in [1.29, 1.82) is 0 Å². The smallest absolute Gasteiger partial charge is 0.307 e. The molecule has 0 aromatic carbocycles. The van der Waals surface area contributed by atoms with Crippen molar-refractivity contribution in [2.45, 2.75) is 44.8 Å².